The maximum Gasteiger partial charge on any atom is 0.136 e. The van der Waals surface area contributed by atoms with Gasteiger partial charge in [-0.3, -0.25) is 0 Å². The Morgan fingerprint density at radius 1 is 0.425 bits per heavy atom. The van der Waals surface area contributed by atoms with Gasteiger partial charge in [0.15, 0.2) is 0 Å². The molecule has 0 saturated heterocycles. The molecular formula is C38H25NO. The predicted octanol–water partition coefficient (Wildman–Crippen LogP) is 11.0. The highest BCUT2D eigenvalue weighted by molar-refractivity contribution is 6.17. The molecule has 0 N–H and O–H groups in total. The average molecular weight is 512 g/mol. The zero-order chi connectivity index (χ0) is 26.5. The fraction of sp³-hybridized carbons (Fsp3) is 0. The van der Waals surface area contributed by atoms with Gasteiger partial charge in [0.1, 0.15) is 11.2 Å². The average Bonchev–Trinajstić information content (AvgIpc) is 3.40. The summed E-state index contributed by atoms with van der Waals surface area (Å²) in [5.74, 6) is 0. The first kappa shape index (κ1) is 22.6. The van der Waals surface area contributed by atoms with Crippen molar-refractivity contribution >= 4 is 60.5 Å². The molecule has 2 nitrogen and oxygen atoms in total. The highest BCUT2D eigenvalue weighted by atomic mass is 16.3. The molecule has 1 aromatic heterocycles. The first-order chi connectivity index (χ1) is 19.8. The predicted molar refractivity (Wildman–Crippen MR) is 169 cm³/mol. The molecule has 0 fully saturated rings. The molecule has 0 spiro atoms. The zero-order valence-electron chi connectivity index (χ0n) is 21.8. The summed E-state index contributed by atoms with van der Waals surface area (Å²) >= 11 is 0. The first-order valence-corrected chi connectivity index (χ1v) is 13.6. The SMILES string of the molecule is c1ccc(N(c2ccc3oc4ccccc4c3c2-c2ccc3ccccc3c2)c2cccc3ccccc23)cc1. The summed E-state index contributed by atoms with van der Waals surface area (Å²) in [5.41, 5.74) is 7.45. The Balaban J connectivity index is 1.52. The van der Waals surface area contributed by atoms with Gasteiger partial charge in [-0.15, -0.1) is 0 Å². The van der Waals surface area contributed by atoms with E-state index in [4.69, 9.17) is 4.42 Å². The summed E-state index contributed by atoms with van der Waals surface area (Å²) in [4.78, 5) is 2.40. The van der Waals surface area contributed by atoms with Crippen LogP contribution in [0.4, 0.5) is 17.1 Å². The zero-order valence-corrected chi connectivity index (χ0v) is 21.8. The van der Waals surface area contributed by atoms with Crippen LogP contribution in [0.25, 0.3) is 54.6 Å². The van der Waals surface area contributed by atoms with Crippen LogP contribution in [0.3, 0.4) is 0 Å². The Kier molecular flexibility index (Phi) is 5.17. The Morgan fingerprint density at radius 2 is 1.12 bits per heavy atom. The van der Waals surface area contributed by atoms with Gasteiger partial charge in [-0.2, -0.15) is 0 Å². The van der Waals surface area contributed by atoms with Gasteiger partial charge in [0.25, 0.3) is 0 Å². The van der Waals surface area contributed by atoms with Gasteiger partial charge in [-0.05, 0) is 64.2 Å². The lowest BCUT2D eigenvalue weighted by molar-refractivity contribution is 0.669. The number of furan rings is 1. The third-order valence-corrected chi connectivity index (χ3v) is 7.82. The molecule has 0 aliphatic rings. The normalized spacial score (nSPS) is 11.5. The van der Waals surface area contributed by atoms with E-state index in [-0.39, 0.29) is 0 Å². The van der Waals surface area contributed by atoms with Gasteiger partial charge < -0.3 is 9.32 Å². The molecule has 0 atom stereocenters. The van der Waals surface area contributed by atoms with Crippen molar-refractivity contribution in [3.8, 4) is 11.1 Å². The number of nitrogens with zero attached hydrogens (tertiary/aromatic N) is 1. The lowest BCUT2D eigenvalue weighted by Gasteiger charge is -2.29. The molecule has 0 radical (unpaired) electrons. The van der Waals surface area contributed by atoms with Crippen LogP contribution in [0, 0.1) is 0 Å². The van der Waals surface area contributed by atoms with Crippen LogP contribution in [-0.2, 0) is 0 Å². The van der Waals surface area contributed by atoms with E-state index in [9.17, 15) is 0 Å². The standard InChI is InChI=1S/C38H25NO/c1-2-15-30(16-3-1)39(33-19-10-14-27-12-6-7-17-31(27)33)34-23-24-36-38(32-18-8-9-20-35(32)40-36)37(34)29-22-21-26-11-4-5-13-28(26)25-29/h1-25H. The van der Waals surface area contributed by atoms with Gasteiger partial charge in [0, 0.05) is 27.4 Å². The number of hydrogen-bond acceptors (Lipinski definition) is 2. The monoisotopic (exact) mass is 511 g/mol. The van der Waals surface area contributed by atoms with Crippen LogP contribution in [0.5, 0.6) is 0 Å². The van der Waals surface area contributed by atoms with Crippen LogP contribution in [0.2, 0.25) is 0 Å². The molecule has 7 aromatic carbocycles. The van der Waals surface area contributed by atoms with E-state index in [1.165, 1.54) is 21.5 Å². The Bertz CT molecular complexity index is 2170. The van der Waals surface area contributed by atoms with Crippen molar-refractivity contribution in [2.45, 2.75) is 0 Å². The highest BCUT2D eigenvalue weighted by Gasteiger charge is 2.23. The molecule has 2 heteroatoms. The summed E-state index contributed by atoms with van der Waals surface area (Å²) in [5, 5.41) is 7.11. The summed E-state index contributed by atoms with van der Waals surface area (Å²) in [6, 6.07) is 53.8. The molecule has 0 saturated carbocycles. The summed E-state index contributed by atoms with van der Waals surface area (Å²) in [6.07, 6.45) is 0. The van der Waals surface area contributed by atoms with Crippen LogP contribution in [-0.4, -0.2) is 0 Å². The quantitative estimate of drug-likeness (QED) is 0.234. The van der Waals surface area contributed by atoms with E-state index < -0.39 is 0 Å². The largest absolute Gasteiger partial charge is 0.456 e. The first-order valence-electron chi connectivity index (χ1n) is 13.6. The molecule has 0 bridgehead atoms. The van der Waals surface area contributed by atoms with Crippen LogP contribution < -0.4 is 4.90 Å². The van der Waals surface area contributed by atoms with Gasteiger partial charge in [-0.25, -0.2) is 0 Å². The van der Waals surface area contributed by atoms with Crippen molar-refractivity contribution in [2.75, 3.05) is 4.90 Å². The van der Waals surface area contributed by atoms with E-state index >= 15 is 0 Å². The van der Waals surface area contributed by atoms with Crippen molar-refractivity contribution < 1.29 is 4.42 Å². The number of para-hydroxylation sites is 2. The molecule has 1 heterocycles. The second-order valence-corrected chi connectivity index (χ2v) is 10.2. The molecule has 0 aliphatic carbocycles. The van der Waals surface area contributed by atoms with E-state index in [0.29, 0.717) is 0 Å². The lowest BCUT2D eigenvalue weighted by Crippen LogP contribution is -2.11. The van der Waals surface area contributed by atoms with Crippen molar-refractivity contribution in [2.24, 2.45) is 0 Å². The van der Waals surface area contributed by atoms with E-state index in [0.717, 1.165) is 50.1 Å². The van der Waals surface area contributed by atoms with Crippen molar-refractivity contribution in [1.29, 1.82) is 0 Å². The molecule has 0 aliphatic heterocycles. The summed E-state index contributed by atoms with van der Waals surface area (Å²) in [6.45, 7) is 0. The number of rotatable bonds is 4. The third kappa shape index (κ3) is 3.58. The third-order valence-electron chi connectivity index (χ3n) is 7.82. The van der Waals surface area contributed by atoms with E-state index in [1.54, 1.807) is 0 Å². The van der Waals surface area contributed by atoms with Gasteiger partial charge in [0.2, 0.25) is 0 Å². The number of anilines is 3. The minimum atomic E-state index is 0.888. The molecular weight excluding hydrogens is 486 g/mol. The maximum absolute atomic E-state index is 6.40. The summed E-state index contributed by atoms with van der Waals surface area (Å²) < 4.78 is 6.40. The molecule has 0 unspecified atom stereocenters. The topological polar surface area (TPSA) is 16.4 Å². The minimum Gasteiger partial charge on any atom is -0.456 e. The van der Waals surface area contributed by atoms with Crippen LogP contribution in [0.1, 0.15) is 0 Å². The number of hydrogen-bond donors (Lipinski definition) is 0. The maximum atomic E-state index is 6.40. The fourth-order valence-electron chi connectivity index (χ4n) is 6.02. The molecule has 0 amide bonds. The molecule has 188 valence electrons. The number of fused-ring (bicyclic) bond motifs is 5. The van der Waals surface area contributed by atoms with E-state index in [2.05, 4.69) is 150 Å². The molecule has 8 rings (SSSR count). The van der Waals surface area contributed by atoms with Crippen LogP contribution in [0.15, 0.2) is 156 Å². The fourth-order valence-corrected chi connectivity index (χ4v) is 6.02. The van der Waals surface area contributed by atoms with Crippen molar-refractivity contribution in [1.82, 2.24) is 0 Å². The highest BCUT2D eigenvalue weighted by Crippen LogP contribution is 2.48. The minimum absolute atomic E-state index is 0.888. The van der Waals surface area contributed by atoms with Gasteiger partial charge >= 0.3 is 0 Å². The Labute approximate surface area is 232 Å². The second-order valence-electron chi connectivity index (χ2n) is 10.2. The second kappa shape index (κ2) is 9.14. The summed E-state index contributed by atoms with van der Waals surface area (Å²) in [7, 11) is 0. The number of benzene rings is 7. The smallest absolute Gasteiger partial charge is 0.136 e. The van der Waals surface area contributed by atoms with Gasteiger partial charge in [0.05, 0.1) is 11.4 Å². The van der Waals surface area contributed by atoms with Gasteiger partial charge in [-0.1, -0.05) is 109 Å². The van der Waals surface area contributed by atoms with E-state index in [1.807, 2.05) is 6.07 Å². The Hall–Kier alpha value is -5.34. The van der Waals surface area contributed by atoms with Crippen molar-refractivity contribution in [3.63, 3.8) is 0 Å². The lowest BCUT2D eigenvalue weighted by atomic mass is 9.94. The van der Waals surface area contributed by atoms with Crippen LogP contribution >= 0.6 is 0 Å². The molecule has 40 heavy (non-hydrogen) atoms. The molecule has 8 aromatic rings. The van der Waals surface area contributed by atoms with Crippen molar-refractivity contribution in [3.05, 3.63) is 152 Å². The Morgan fingerprint density at radius 3 is 2.00 bits per heavy atom.